The topological polar surface area (TPSA) is 32.8 Å². The highest BCUT2D eigenvalue weighted by Crippen LogP contribution is 2.59. The molecule has 0 fully saturated rings. The second kappa shape index (κ2) is 16.9. The molecule has 0 spiro atoms. The highest BCUT2D eigenvalue weighted by atomic mass is 16.3. The van der Waals surface area contributed by atoms with Crippen molar-refractivity contribution in [2.75, 3.05) is 9.80 Å². The second-order valence-electron chi connectivity index (χ2n) is 25.8. The van der Waals surface area contributed by atoms with Crippen molar-refractivity contribution in [3.05, 3.63) is 277 Å². The predicted molar refractivity (Wildman–Crippen MR) is 372 cm³/mol. The number of para-hydroxylation sites is 2. The van der Waals surface area contributed by atoms with Gasteiger partial charge >= 0.3 is 0 Å². The smallest absolute Gasteiger partial charge is 0.137 e. The first-order chi connectivity index (χ1) is 43.2. The van der Waals surface area contributed by atoms with Gasteiger partial charge in [-0.2, -0.15) is 0 Å². The average Bonchev–Trinajstić information content (AvgIpc) is 1.15. The minimum Gasteiger partial charge on any atom is -0.456 e. The third kappa shape index (κ3) is 6.23. The Balaban J connectivity index is 0.806. The van der Waals surface area contributed by atoms with Gasteiger partial charge in [-0.1, -0.05) is 222 Å². The lowest BCUT2D eigenvalue weighted by atomic mass is 9.73. The van der Waals surface area contributed by atoms with Crippen LogP contribution in [0.15, 0.2) is 264 Å². The number of hydrogen-bond donors (Lipinski definition) is 0. The molecule has 0 unspecified atom stereocenters. The molecule has 4 nitrogen and oxygen atoms in total. The molecule has 0 aliphatic carbocycles. The Labute approximate surface area is 506 Å². The van der Waals surface area contributed by atoms with Gasteiger partial charge in [-0.3, -0.25) is 0 Å². The first kappa shape index (κ1) is 48.3. The van der Waals surface area contributed by atoms with Gasteiger partial charge < -0.3 is 18.6 Å². The van der Waals surface area contributed by atoms with Gasteiger partial charge in [0.05, 0.1) is 34.1 Å². The molecule has 20 rings (SSSR count). The lowest BCUT2D eigenvalue weighted by molar-refractivity contribution is 0.630. The molecule has 0 saturated carbocycles. The van der Waals surface area contributed by atoms with Crippen LogP contribution < -0.4 is 9.80 Å². The first-order valence-electron chi connectivity index (χ1n) is 30.8. The summed E-state index contributed by atoms with van der Waals surface area (Å²) in [5.41, 5.74) is 14.8. The van der Waals surface area contributed by atoms with Crippen LogP contribution in [0.25, 0.3) is 141 Å². The van der Waals surface area contributed by atoms with E-state index in [4.69, 9.17) is 8.83 Å². The molecule has 18 aromatic rings. The van der Waals surface area contributed by atoms with Crippen LogP contribution in [0.1, 0.15) is 49.9 Å². The second-order valence-corrected chi connectivity index (χ2v) is 25.8. The van der Waals surface area contributed by atoms with E-state index in [1.54, 1.807) is 0 Å². The summed E-state index contributed by atoms with van der Waals surface area (Å²) in [7, 11) is 0. The first-order valence-corrected chi connectivity index (χ1v) is 30.8. The maximum absolute atomic E-state index is 7.04. The molecule has 2 aliphatic heterocycles. The Bertz CT molecular complexity index is 5830. The largest absolute Gasteiger partial charge is 0.456 e. The fourth-order valence-corrected chi connectivity index (χ4v) is 16.5. The van der Waals surface area contributed by atoms with Gasteiger partial charge in [0.1, 0.15) is 22.3 Å². The van der Waals surface area contributed by atoms with E-state index in [1.165, 1.54) is 131 Å². The molecule has 0 amide bonds. The minimum absolute atomic E-state index is 0.341. The van der Waals surface area contributed by atoms with Gasteiger partial charge in [0.2, 0.25) is 0 Å². The van der Waals surface area contributed by atoms with Crippen LogP contribution in [0, 0.1) is 0 Å². The number of hydrogen-bond acceptors (Lipinski definition) is 4. The lowest BCUT2D eigenvalue weighted by Gasteiger charge is -2.43. The van der Waals surface area contributed by atoms with Crippen molar-refractivity contribution in [3.8, 4) is 0 Å². The minimum atomic E-state index is -0.341. The number of rotatable bonds is 2. The molecule has 16 aromatic carbocycles. The molecule has 4 heteroatoms. The van der Waals surface area contributed by atoms with Crippen LogP contribution in [0.2, 0.25) is 0 Å². The number of fused-ring (bicyclic) bond motifs is 27. The van der Waals surface area contributed by atoms with Gasteiger partial charge in [-0.25, -0.2) is 0 Å². The standard InChI is InChI=1S/C84H54N2O2/c1-83(2)67-25-13-15-27-71(67)85(75-45-79-65(41-69(75)83)81-61-35-33-53-49-19-7-5-17-47(49)29-31-55(53)57(61)37-39-77(81)87-79)73-43-63-52-22-10-12-24-60(52)74(44-64(63)51-21-9-11-23-59(51)73)86-72-28-16-14-26-68(72)84(3,4)70-42-66-80(46-76(70)86)88-78-40-38-58-56-32-30-48-18-6-8-20-50(48)54(56)34-36-62(58)82(66)78/h5-46H,1-4H3. The third-order valence-corrected chi connectivity index (χ3v) is 20.7. The number of anilines is 6. The molecule has 4 heterocycles. The van der Waals surface area contributed by atoms with Crippen molar-refractivity contribution in [1.29, 1.82) is 0 Å². The van der Waals surface area contributed by atoms with Crippen LogP contribution in [0.5, 0.6) is 0 Å². The summed E-state index contributed by atoms with van der Waals surface area (Å²) in [6.07, 6.45) is 0. The zero-order valence-electron chi connectivity index (χ0n) is 49.0. The summed E-state index contributed by atoms with van der Waals surface area (Å²) in [5.74, 6) is 0. The summed E-state index contributed by atoms with van der Waals surface area (Å²) >= 11 is 0. The Hall–Kier alpha value is -10.9. The highest BCUT2D eigenvalue weighted by molar-refractivity contribution is 6.30. The molecule has 0 radical (unpaired) electrons. The molecule has 2 aromatic heterocycles. The molecular weight excluding hydrogens is 1070 g/mol. The van der Waals surface area contributed by atoms with Crippen molar-refractivity contribution < 1.29 is 8.83 Å². The van der Waals surface area contributed by atoms with Crippen molar-refractivity contribution in [1.82, 2.24) is 0 Å². The zero-order valence-corrected chi connectivity index (χ0v) is 49.0. The van der Waals surface area contributed by atoms with Gasteiger partial charge in [-0.15, -0.1) is 0 Å². The Morgan fingerprint density at radius 2 is 0.545 bits per heavy atom. The van der Waals surface area contributed by atoms with E-state index in [-0.39, 0.29) is 10.8 Å². The van der Waals surface area contributed by atoms with E-state index in [9.17, 15) is 0 Å². The monoisotopic (exact) mass is 1120 g/mol. The molecule has 0 bridgehead atoms. The molecule has 0 atom stereocenters. The van der Waals surface area contributed by atoms with Crippen LogP contribution in [-0.4, -0.2) is 0 Å². The molecule has 412 valence electrons. The zero-order chi connectivity index (χ0) is 58.1. The number of benzene rings is 16. The van der Waals surface area contributed by atoms with Gasteiger partial charge in [0.15, 0.2) is 0 Å². The lowest BCUT2D eigenvalue weighted by Crippen LogP contribution is -2.30. The van der Waals surface area contributed by atoms with Crippen LogP contribution in [-0.2, 0) is 10.8 Å². The molecule has 0 N–H and O–H groups in total. The number of nitrogens with zero attached hydrogens (tertiary/aromatic N) is 2. The van der Waals surface area contributed by atoms with E-state index in [0.29, 0.717) is 0 Å². The van der Waals surface area contributed by atoms with Crippen molar-refractivity contribution in [2.24, 2.45) is 0 Å². The summed E-state index contributed by atoms with van der Waals surface area (Å²) in [5, 5.41) is 26.7. The summed E-state index contributed by atoms with van der Waals surface area (Å²) in [4.78, 5) is 5.07. The third-order valence-electron chi connectivity index (χ3n) is 20.7. The Morgan fingerprint density at radius 3 is 1.00 bits per heavy atom. The summed E-state index contributed by atoms with van der Waals surface area (Å²) in [6, 6.07) is 95.3. The summed E-state index contributed by atoms with van der Waals surface area (Å²) < 4.78 is 14.1. The molecule has 88 heavy (non-hydrogen) atoms. The highest BCUT2D eigenvalue weighted by Gasteiger charge is 2.41. The van der Waals surface area contributed by atoms with Crippen LogP contribution in [0.4, 0.5) is 34.1 Å². The maximum Gasteiger partial charge on any atom is 0.137 e. The van der Waals surface area contributed by atoms with E-state index in [1.807, 2.05) is 0 Å². The quantitative estimate of drug-likeness (QED) is 0.162. The number of furan rings is 2. The fourth-order valence-electron chi connectivity index (χ4n) is 16.5. The van der Waals surface area contributed by atoms with Crippen molar-refractivity contribution >= 4 is 175 Å². The molecule has 0 saturated heterocycles. The maximum atomic E-state index is 7.04. The average molecular weight is 1120 g/mol. The Morgan fingerprint density at radius 1 is 0.216 bits per heavy atom. The van der Waals surface area contributed by atoms with Crippen molar-refractivity contribution in [3.63, 3.8) is 0 Å². The van der Waals surface area contributed by atoms with Gasteiger partial charge in [0.25, 0.3) is 0 Å². The molecular formula is C84H54N2O2. The van der Waals surface area contributed by atoms with E-state index in [2.05, 4.69) is 292 Å². The van der Waals surface area contributed by atoms with Crippen LogP contribution >= 0.6 is 0 Å². The summed E-state index contributed by atoms with van der Waals surface area (Å²) in [6.45, 7) is 9.57. The molecule has 2 aliphatic rings. The Kier molecular flexibility index (Phi) is 9.30. The normalized spacial score (nSPS) is 14.5. The van der Waals surface area contributed by atoms with Crippen LogP contribution in [0.3, 0.4) is 0 Å². The van der Waals surface area contributed by atoms with E-state index >= 15 is 0 Å². The van der Waals surface area contributed by atoms with Crippen molar-refractivity contribution in [2.45, 2.75) is 38.5 Å². The fraction of sp³-hybridized carbons (Fsp3) is 0.0714. The van der Waals surface area contributed by atoms with Gasteiger partial charge in [0, 0.05) is 55.3 Å². The van der Waals surface area contributed by atoms with Gasteiger partial charge in [-0.05, 0) is 157 Å². The van der Waals surface area contributed by atoms with E-state index in [0.717, 1.165) is 66.6 Å². The van der Waals surface area contributed by atoms with E-state index < -0.39 is 0 Å². The predicted octanol–water partition coefficient (Wildman–Crippen LogP) is 24.1. The SMILES string of the molecule is CC1(C)c2ccccc2N(c2cc3c4ccccc4c(N4c5ccccc5C(C)(C)c5cc6c(cc54)oc4ccc5c7ccc8ccccc8c7ccc5c46)cc3c3ccccc23)c2cc3oc4ccc5c6ccc7ccccc7c6ccc5c4c3cc21.